The molecule has 2 aliphatic rings. The van der Waals surface area contributed by atoms with Crippen LogP contribution in [0.1, 0.15) is 37.8 Å². The summed E-state index contributed by atoms with van der Waals surface area (Å²) in [5.41, 5.74) is 3.82. The van der Waals surface area contributed by atoms with Crippen molar-refractivity contribution in [3.63, 3.8) is 0 Å². The van der Waals surface area contributed by atoms with Crippen LogP contribution in [-0.4, -0.2) is 56.8 Å². The molecule has 188 valence electrons. The van der Waals surface area contributed by atoms with Crippen molar-refractivity contribution in [1.29, 1.82) is 4.78 Å². The van der Waals surface area contributed by atoms with Gasteiger partial charge in [0, 0.05) is 55.9 Å². The van der Waals surface area contributed by atoms with E-state index in [2.05, 4.69) is 23.0 Å². The monoisotopic (exact) mass is 498 g/mol. The molecule has 0 bridgehead atoms. The molecule has 0 spiro atoms. The lowest BCUT2D eigenvalue weighted by molar-refractivity contribution is 0.0254. The van der Waals surface area contributed by atoms with E-state index in [0.717, 1.165) is 74.5 Å². The Bertz CT molecular complexity index is 1320. The smallest absolute Gasteiger partial charge is 0.124 e. The summed E-state index contributed by atoms with van der Waals surface area (Å²) in [6, 6.07) is 4.29. The van der Waals surface area contributed by atoms with E-state index in [9.17, 15) is 8.60 Å². The number of hydrogen-bond acceptors (Lipinski definition) is 5. The van der Waals surface area contributed by atoms with Crippen LogP contribution in [-0.2, 0) is 20.9 Å². The van der Waals surface area contributed by atoms with Crippen molar-refractivity contribution < 1.29 is 13.3 Å². The number of nitrogens with one attached hydrogen (secondary N) is 1. The van der Waals surface area contributed by atoms with Crippen LogP contribution < -0.4 is 0 Å². The molecule has 1 aromatic carbocycles. The number of aryl methyl sites for hydroxylation is 1. The molecule has 2 aliphatic heterocycles. The maximum absolute atomic E-state index is 14.2. The van der Waals surface area contributed by atoms with Crippen LogP contribution in [0.25, 0.3) is 16.6 Å². The molecular weight excluding hydrogens is 463 g/mol. The molecule has 0 aliphatic carbocycles. The van der Waals surface area contributed by atoms with Crippen LogP contribution in [0.2, 0.25) is 0 Å². The minimum absolute atomic E-state index is 0.240. The van der Waals surface area contributed by atoms with Gasteiger partial charge in [0.15, 0.2) is 0 Å². The highest BCUT2D eigenvalue weighted by atomic mass is 32.2. The molecule has 0 unspecified atom stereocenters. The number of aromatic nitrogens is 2. The summed E-state index contributed by atoms with van der Waals surface area (Å²) in [5.74, 6) is 0.858. The van der Waals surface area contributed by atoms with Gasteiger partial charge in [0.05, 0.1) is 32.0 Å². The molecule has 0 amide bonds. The summed E-state index contributed by atoms with van der Waals surface area (Å²) in [6.45, 7) is 10.7. The van der Waals surface area contributed by atoms with Gasteiger partial charge in [-0.25, -0.2) is 13.4 Å². The standard InChI is InChI=1S/C27H35FN4O2S/c1-18(2)35(29,33)26-11-23(28)4-5-24(26)32-17-22(27-19(3)12-30-13-25(27)32)10-21-15-31(16-21)14-20-6-8-34-9-7-20/h4-5,11-13,17-18,20-21,29H,6-10,14-16H2,1-3H3/t35-/m0/s1. The molecule has 1 N–H and O–H groups in total. The molecule has 1 atom stereocenters. The Morgan fingerprint density at radius 3 is 2.66 bits per heavy atom. The molecule has 5 rings (SSSR count). The molecule has 35 heavy (non-hydrogen) atoms. The molecule has 4 heterocycles. The predicted octanol–water partition coefficient (Wildman–Crippen LogP) is 5.19. The van der Waals surface area contributed by atoms with Crippen LogP contribution in [0.3, 0.4) is 0 Å². The third-order valence-corrected chi connectivity index (χ3v) is 9.86. The minimum Gasteiger partial charge on any atom is -0.381 e. The lowest BCUT2D eigenvalue weighted by Gasteiger charge is -2.42. The predicted molar refractivity (Wildman–Crippen MR) is 137 cm³/mol. The number of hydrogen-bond donors (Lipinski definition) is 1. The lowest BCUT2D eigenvalue weighted by atomic mass is 9.89. The number of nitrogens with zero attached hydrogens (tertiary/aromatic N) is 3. The summed E-state index contributed by atoms with van der Waals surface area (Å²) in [6.07, 6.45) is 9.07. The van der Waals surface area contributed by atoms with Gasteiger partial charge >= 0.3 is 0 Å². The van der Waals surface area contributed by atoms with Gasteiger partial charge < -0.3 is 14.2 Å². The summed E-state index contributed by atoms with van der Waals surface area (Å²) in [7, 11) is -3.18. The van der Waals surface area contributed by atoms with Crippen molar-refractivity contribution in [1.82, 2.24) is 14.5 Å². The van der Waals surface area contributed by atoms with Crippen LogP contribution in [0.4, 0.5) is 4.39 Å². The van der Waals surface area contributed by atoms with E-state index in [-0.39, 0.29) is 4.90 Å². The Kier molecular flexibility index (Phi) is 6.72. The summed E-state index contributed by atoms with van der Waals surface area (Å²) >= 11 is 0. The Labute approximate surface area is 207 Å². The Balaban J connectivity index is 1.45. The first-order chi connectivity index (χ1) is 16.7. The summed E-state index contributed by atoms with van der Waals surface area (Å²) in [4.78, 5) is 7.21. The number of benzene rings is 1. The van der Waals surface area contributed by atoms with Crippen LogP contribution >= 0.6 is 0 Å². The second-order valence-electron chi connectivity index (χ2n) is 10.5. The molecule has 2 saturated heterocycles. The molecule has 0 radical (unpaired) electrons. The second kappa shape index (κ2) is 9.64. The van der Waals surface area contributed by atoms with Gasteiger partial charge in [-0.2, -0.15) is 0 Å². The van der Waals surface area contributed by atoms with E-state index in [1.165, 1.54) is 17.7 Å². The zero-order chi connectivity index (χ0) is 24.7. The molecular formula is C27H35FN4O2S. The van der Waals surface area contributed by atoms with Crippen LogP contribution in [0, 0.1) is 29.4 Å². The van der Waals surface area contributed by atoms with Crippen molar-refractivity contribution in [3.05, 3.63) is 53.7 Å². The SMILES string of the molecule is Cc1cncc2c1c(CC1CN(CC3CCOCC3)C1)cn2-c1ccc(F)cc1[S@@](=N)(=O)C(C)C. The summed E-state index contributed by atoms with van der Waals surface area (Å²) < 4.78 is 43.6. The van der Waals surface area contributed by atoms with Crippen LogP contribution in [0.5, 0.6) is 0 Å². The molecule has 2 aromatic heterocycles. The molecule has 2 fully saturated rings. The molecule has 0 saturated carbocycles. The fraction of sp³-hybridized carbons (Fsp3) is 0.519. The maximum atomic E-state index is 14.2. The van der Waals surface area contributed by atoms with Crippen molar-refractivity contribution in [2.45, 2.75) is 50.2 Å². The van der Waals surface area contributed by atoms with Gasteiger partial charge in [-0.3, -0.25) is 4.98 Å². The van der Waals surface area contributed by atoms with E-state index < -0.39 is 20.8 Å². The number of pyridine rings is 1. The molecule has 8 heteroatoms. The number of halogens is 1. The lowest BCUT2D eigenvalue weighted by Crippen LogP contribution is -2.49. The highest BCUT2D eigenvalue weighted by Gasteiger charge is 2.31. The fourth-order valence-corrected chi connectivity index (χ4v) is 6.81. The van der Waals surface area contributed by atoms with Gasteiger partial charge in [-0.1, -0.05) is 0 Å². The van der Waals surface area contributed by atoms with Crippen molar-refractivity contribution in [2.24, 2.45) is 11.8 Å². The largest absolute Gasteiger partial charge is 0.381 e. The van der Waals surface area contributed by atoms with Gasteiger partial charge in [0.25, 0.3) is 0 Å². The van der Waals surface area contributed by atoms with E-state index in [4.69, 9.17) is 9.52 Å². The van der Waals surface area contributed by atoms with Gasteiger partial charge in [0.1, 0.15) is 5.82 Å². The normalized spacial score (nSPS) is 19.8. The quantitative estimate of drug-likeness (QED) is 0.487. The Hall–Kier alpha value is -2.29. The van der Waals surface area contributed by atoms with Gasteiger partial charge in [0.2, 0.25) is 0 Å². The zero-order valence-corrected chi connectivity index (χ0v) is 21.6. The number of fused-ring (bicyclic) bond motifs is 1. The van der Waals surface area contributed by atoms with Crippen molar-refractivity contribution in [2.75, 3.05) is 32.8 Å². The fourth-order valence-electron chi connectivity index (χ4n) is 5.54. The Morgan fingerprint density at radius 2 is 1.94 bits per heavy atom. The minimum atomic E-state index is -3.18. The highest BCUT2D eigenvalue weighted by molar-refractivity contribution is 7.93. The van der Waals surface area contributed by atoms with Crippen LogP contribution in [0.15, 0.2) is 41.7 Å². The zero-order valence-electron chi connectivity index (χ0n) is 20.8. The van der Waals surface area contributed by atoms with Crippen molar-refractivity contribution in [3.8, 4) is 5.69 Å². The topological polar surface area (TPSA) is 71.2 Å². The highest BCUT2D eigenvalue weighted by Crippen LogP contribution is 2.34. The first-order valence-corrected chi connectivity index (χ1v) is 14.2. The average molecular weight is 499 g/mol. The van der Waals surface area contributed by atoms with Gasteiger partial charge in [-0.05, 0) is 81.2 Å². The number of rotatable bonds is 7. The van der Waals surface area contributed by atoms with E-state index in [1.807, 2.05) is 17.0 Å². The van der Waals surface area contributed by atoms with E-state index in [0.29, 0.717) is 11.6 Å². The van der Waals surface area contributed by atoms with Gasteiger partial charge in [-0.15, -0.1) is 0 Å². The maximum Gasteiger partial charge on any atom is 0.124 e. The summed E-state index contributed by atoms with van der Waals surface area (Å²) in [5, 5.41) is 0.722. The molecule has 6 nitrogen and oxygen atoms in total. The van der Waals surface area contributed by atoms with E-state index >= 15 is 0 Å². The Morgan fingerprint density at radius 1 is 1.20 bits per heavy atom. The first-order valence-electron chi connectivity index (χ1n) is 12.6. The first kappa shape index (κ1) is 24.4. The van der Waals surface area contributed by atoms with Crippen molar-refractivity contribution >= 4 is 20.6 Å². The number of likely N-dealkylation sites (tertiary alicyclic amines) is 1. The number of ether oxygens (including phenoxy) is 1. The van der Waals surface area contributed by atoms with E-state index in [1.54, 1.807) is 19.9 Å². The average Bonchev–Trinajstić information content (AvgIpc) is 3.17. The third kappa shape index (κ3) is 4.76. The molecule has 3 aromatic rings. The second-order valence-corrected chi connectivity index (χ2v) is 13.1. The third-order valence-electron chi connectivity index (χ3n) is 7.55.